The minimum atomic E-state index is 0.523. The Labute approximate surface area is 226 Å². The molecule has 0 heterocycles. The molecule has 2 heteroatoms. The van der Waals surface area contributed by atoms with E-state index in [0.29, 0.717) is 11.8 Å². The van der Waals surface area contributed by atoms with Crippen molar-refractivity contribution in [2.75, 3.05) is 11.5 Å². The fourth-order valence-electron chi connectivity index (χ4n) is 4.84. The summed E-state index contributed by atoms with van der Waals surface area (Å²) < 4.78 is 0. The highest BCUT2D eigenvalue weighted by Crippen LogP contribution is 2.30. The van der Waals surface area contributed by atoms with E-state index >= 15 is 0 Å². The molecule has 2 nitrogen and oxygen atoms in total. The largest absolute Gasteiger partial charge is 0.398 e. The normalized spacial score (nSPS) is 11.3. The van der Waals surface area contributed by atoms with Gasteiger partial charge < -0.3 is 11.5 Å². The molecule has 0 fully saturated rings. The average molecular weight is 497 g/mol. The molecule has 0 aromatic heterocycles. The number of benzene rings is 4. The van der Waals surface area contributed by atoms with Gasteiger partial charge >= 0.3 is 0 Å². The van der Waals surface area contributed by atoms with E-state index in [4.69, 9.17) is 11.5 Å². The molecule has 0 spiro atoms. The van der Waals surface area contributed by atoms with Crippen LogP contribution in [0.1, 0.15) is 93.7 Å². The van der Waals surface area contributed by atoms with Gasteiger partial charge in [-0.1, -0.05) is 121 Å². The Kier molecular flexibility index (Phi) is 11.7. The molecule has 1 aliphatic carbocycles. The maximum Gasteiger partial charge on any atom is 0.0381 e. The van der Waals surface area contributed by atoms with Gasteiger partial charge in [-0.15, -0.1) is 0 Å². The highest BCUT2D eigenvalue weighted by molar-refractivity contribution is 5.90. The number of para-hydroxylation sites is 2. The van der Waals surface area contributed by atoms with Crippen molar-refractivity contribution in [3.8, 4) is 0 Å². The zero-order valence-electron chi connectivity index (χ0n) is 24.4. The summed E-state index contributed by atoms with van der Waals surface area (Å²) in [5.74, 6) is 1.05. The summed E-state index contributed by atoms with van der Waals surface area (Å²) in [6, 6.07) is 25.7. The number of aryl methyl sites for hydroxylation is 4. The minimum absolute atomic E-state index is 0.523. The Balaban J connectivity index is 0.000000189. The number of hydrogen-bond acceptors (Lipinski definition) is 2. The lowest BCUT2D eigenvalue weighted by Crippen LogP contribution is -2.00. The van der Waals surface area contributed by atoms with E-state index in [9.17, 15) is 0 Å². The van der Waals surface area contributed by atoms with Gasteiger partial charge in [0, 0.05) is 11.4 Å². The number of hydrogen-bond donors (Lipinski definition) is 2. The number of nitrogens with two attached hydrogens (primary N) is 2. The monoisotopic (exact) mass is 496 g/mol. The third-order valence-corrected chi connectivity index (χ3v) is 6.95. The molecule has 37 heavy (non-hydrogen) atoms. The molecule has 0 amide bonds. The molecule has 0 radical (unpaired) electrons. The van der Waals surface area contributed by atoms with Crippen molar-refractivity contribution in [1.29, 1.82) is 0 Å². The fraction of sp³-hybridized carbons (Fsp3) is 0.371. The third-order valence-electron chi connectivity index (χ3n) is 6.95. The molecule has 0 unspecified atom stereocenters. The fourth-order valence-corrected chi connectivity index (χ4v) is 4.84. The van der Waals surface area contributed by atoms with Gasteiger partial charge in [0.05, 0.1) is 0 Å². The molecule has 4 aromatic carbocycles. The Morgan fingerprint density at radius 1 is 0.649 bits per heavy atom. The summed E-state index contributed by atoms with van der Waals surface area (Å²) in [5, 5.41) is 2.92. The van der Waals surface area contributed by atoms with Crippen LogP contribution in [-0.2, 0) is 19.3 Å². The van der Waals surface area contributed by atoms with Gasteiger partial charge in [0.25, 0.3) is 0 Å². The Morgan fingerprint density at radius 3 is 1.57 bits per heavy atom. The van der Waals surface area contributed by atoms with Crippen LogP contribution in [0, 0.1) is 6.92 Å². The Morgan fingerprint density at radius 2 is 1.11 bits per heavy atom. The summed E-state index contributed by atoms with van der Waals surface area (Å²) in [6.45, 7) is 16.8. The van der Waals surface area contributed by atoms with Crippen molar-refractivity contribution >= 4 is 22.1 Å². The third kappa shape index (κ3) is 7.61. The van der Waals surface area contributed by atoms with Gasteiger partial charge in [0.2, 0.25) is 0 Å². The first kappa shape index (κ1) is 30.0. The summed E-state index contributed by atoms with van der Waals surface area (Å²) >= 11 is 0. The second kappa shape index (κ2) is 14.5. The highest BCUT2D eigenvalue weighted by Gasteiger charge is 2.12. The molecule has 4 N–H and O–H groups in total. The summed E-state index contributed by atoms with van der Waals surface area (Å²) in [7, 11) is 0. The van der Waals surface area contributed by atoms with E-state index in [-0.39, 0.29) is 0 Å². The molecule has 5 rings (SSSR count). The number of nitrogen functional groups attached to an aromatic ring is 2. The Bertz CT molecular complexity index is 1230. The molecule has 0 atom stereocenters. The van der Waals surface area contributed by atoms with Gasteiger partial charge in [-0.2, -0.15) is 0 Å². The predicted molar refractivity (Wildman–Crippen MR) is 167 cm³/mol. The van der Waals surface area contributed by atoms with Crippen LogP contribution >= 0.6 is 0 Å². The molecule has 198 valence electrons. The summed E-state index contributed by atoms with van der Waals surface area (Å²) in [6.07, 6.45) is 3.49. The SMILES string of the molecule is CC.CCc1cccc(C(C)C)c1N.Cc1cccc(C(C)C)c1N.c1cc2c3c(cccc3c1)CC2. The van der Waals surface area contributed by atoms with Crippen LogP contribution in [0.15, 0.2) is 72.8 Å². The number of anilines is 2. The van der Waals surface area contributed by atoms with E-state index in [2.05, 4.69) is 101 Å². The van der Waals surface area contributed by atoms with Crippen LogP contribution < -0.4 is 11.5 Å². The summed E-state index contributed by atoms with van der Waals surface area (Å²) in [5.41, 5.74) is 21.8. The standard InChI is InChI=1S/C12H10.C11H17N.C10H15N.C2H6/c1-3-9-4-2-6-11-8-7-10(5-1)12(9)11;1-4-9-6-5-7-10(8(2)3)11(9)12;1-7(2)9-6-4-5-8(3)10(9)11;1-2/h1-6H,7-8H2;5-8H,4,12H2,1-3H3;4-7H,11H2,1-3H3;1-2H3. The lowest BCUT2D eigenvalue weighted by atomic mass is 9.97. The number of rotatable bonds is 3. The van der Waals surface area contributed by atoms with E-state index in [1.165, 1.54) is 57.0 Å². The second-order valence-corrected chi connectivity index (χ2v) is 10.1. The van der Waals surface area contributed by atoms with Crippen LogP contribution in [0.5, 0.6) is 0 Å². The minimum Gasteiger partial charge on any atom is -0.398 e. The van der Waals surface area contributed by atoms with Crippen molar-refractivity contribution < 1.29 is 0 Å². The van der Waals surface area contributed by atoms with Crippen molar-refractivity contribution in [1.82, 2.24) is 0 Å². The molecule has 4 aromatic rings. The van der Waals surface area contributed by atoms with Gasteiger partial charge in [0.1, 0.15) is 0 Å². The predicted octanol–water partition coefficient (Wildman–Crippen LogP) is 9.62. The molecular formula is C35H48N2. The van der Waals surface area contributed by atoms with Gasteiger partial charge in [-0.05, 0) is 82.2 Å². The van der Waals surface area contributed by atoms with E-state index in [1.807, 2.05) is 26.8 Å². The van der Waals surface area contributed by atoms with Crippen molar-refractivity contribution in [2.24, 2.45) is 0 Å². The first-order valence-electron chi connectivity index (χ1n) is 14.0. The molecule has 0 saturated carbocycles. The van der Waals surface area contributed by atoms with Crippen LogP contribution in [-0.4, -0.2) is 0 Å². The van der Waals surface area contributed by atoms with Crippen molar-refractivity contribution in [3.05, 3.63) is 106 Å². The van der Waals surface area contributed by atoms with E-state index in [0.717, 1.165) is 17.8 Å². The van der Waals surface area contributed by atoms with Crippen molar-refractivity contribution in [3.63, 3.8) is 0 Å². The van der Waals surface area contributed by atoms with Crippen LogP contribution in [0.3, 0.4) is 0 Å². The molecule has 0 aliphatic heterocycles. The van der Waals surface area contributed by atoms with E-state index < -0.39 is 0 Å². The molecule has 0 bridgehead atoms. The first-order valence-corrected chi connectivity index (χ1v) is 14.0. The van der Waals surface area contributed by atoms with Crippen molar-refractivity contribution in [2.45, 2.75) is 86.5 Å². The quantitative estimate of drug-likeness (QED) is 0.277. The molecular weight excluding hydrogens is 448 g/mol. The zero-order valence-corrected chi connectivity index (χ0v) is 24.4. The van der Waals surface area contributed by atoms with Crippen LogP contribution in [0.25, 0.3) is 10.8 Å². The topological polar surface area (TPSA) is 52.0 Å². The van der Waals surface area contributed by atoms with Crippen LogP contribution in [0.4, 0.5) is 11.4 Å². The highest BCUT2D eigenvalue weighted by atomic mass is 14.6. The lowest BCUT2D eigenvalue weighted by Gasteiger charge is -2.12. The summed E-state index contributed by atoms with van der Waals surface area (Å²) in [4.78, 5) is 0. The van der Waals surface area contributed by atoms with Gasteiger partial charge in [-0.25, -0.2) is 0 Å². The zero-order chi connectivity index (χ0) is 27.5. The second-order valence-electron chi connectivity index (χ2n) is 10.1. The van der Waals surface area contributed by atoms with Crippen LogP contribution in [0.2, 0.25) is 0 Å². The first-order chi connectivity index (χ1) is 17.7. The maximum absolute atomic E-state index is 5.99. The Hall–Kier alpha value is -3.26. The lowest BCUT2D eigenvalue weighted by molar-refractivity contribution is 0.866. The van der Waals surface area contributed by atoms with E-state index in [1.54, 1.807) is 0 Å². The van der Waals surface area contributed by atoms with Gasteiger partial charge in [-0.3, -0.25) is 0 Å². The smallest absolute Gasteiger partial charge is 0.0381 e. The maximum atomic E-state index is 5.99. The molecule has 0 saturated heterocycles. The molecule has 1 aliphatic rings. The average Bonchev–Trinajstić information content (AvgIpc) is 3.33. The van der Waals surface area contributed by atoms with Gasteiger partial charge in [0.15, 0.2) is 0 Å².